The van der Waals surface area contributed by atoms with E-state index in [0.29, 0.717) is 6.42 Å². The van der Waals surface area contributed by atoms with Gasteiger partial charge in [0.1, 0.15) is 0 Å². The number of hydrogen-bond acceptors (Lipinski definition) is 4. The van der Waals surface area contributed by atoms with Crippen LogP contribution in [0.2, 0.25) is 0 Å². The molecule has 3 saturated carbocycles. The molecule has 6 nitrogen and oxygen atoms in total. The Hall–Kier alpha value is -2.16. The molecule has 1 saturated heterocycles. The van der Waals surface area contributed by atoms with E-state index in [1.807, 2.05) is 19.9 Å². The molecule has 208 valence electrons. The van der Waals surface area contributed by atoms with Crippen molar-refractivity contribution in [3.63, 3.8) is 0 Å². The lowest BCUT2D eigenvalue weighted by Crippen LogP contribution is -2.68. The van der Waals surface area contributed by atoms with Crippen LogP contribution in [0.5, 0.6) is 0 Å². The summed E-state index contributed by atoms with van der Waals surface area (Å²) in [5, 5.41) is 3.52. The first-order valence-electron chi connectivity index (χ1n) is 14.6. The van der Waals surface area contributed by atoms with Gasteiger partial charge in [0.2, 0.25) is 11.6 Å². The Labute approximate surface area is 228 Å². The Morgan fingerprint density at radius 1 is 0.974 bits per heavy atom. The molecule has 38 heavy (non-hydrogen) atoms. The molecule has 4 aliphatic carbocycles. The lowest BCUT2D eigenvalue weighted by Gasteiger charge is -2.68. The second-order valence-corrected chi connectivity index (χ2v) is 15.4. The highest BCUT2D eigenvalue weighted by Gasteiger charge is 2.71. The molecular formula is C32H46N2O4. The van der Waals surface area contributed by atoms with E-state index in [0.717, 1.165) is 44.9 Å². The molecule has 1 amide bonds. The smallest absolute Gasteiger partial charge is 0.312 e. The monoisotopic (exact) mass is 522 g/mol. The Morgan fingerprint density at radius 3 is 2.26 bits per heavy atom. The number of hydrogen-bond donors (Lipinski definition) is 1. The third-order valence-corrected chi connectivity index (χ3v) is 13.0. The molecule has 0 aromatic carbocycles. The van der Waals surface area contributed by atoms with E-state index in [1.165, 1.54) is 7.11 Å². The van der Waals surface area contributed by atoms with Gasteiger partial charge < -0.3 is 14.8 Å². The number of carbonyl (C=O) groups is 3. The second-order valence-electron chi connectivity index (χ2n) is 15.4. The SMILES string of the molecule is [C-]#[N+]C1=C[C@]2(C)[C@H]3CC(=O)N[C@@H]4[C@@H]5CC(C)(C)CCC5(C(=O)OC)CC[C@@]4(C)[C@]3(C)CC[C@H]2C(C)(C)C1=O. The molecule has 5 rings (SSSR count). The first-order valence-corrected chi connectivity index (χ1v) is 14.6. The molecule has 1 heterocycles. The van der Waals surface area contributed by atoms with Crippen LogP contribution in [0.25, 0.3) is 4.85 Å². The number of ether oxygens (including phenoxy) is 1. The average Bonchev–Trinajstić information content (AvgIpc) is 2.93. The molecule has 0 aromatic heterocycles. The van der Waals surface area contributed by atoms with Gasteiger partial charge in [-0.2, -0.15) is 0 Å². The van der Waals surface area contributed by atoms with Gasteiger partial charge in [-0.25, -0.2) is 4.85 Å². The van der Waals surface area contributed by atoms with Gasteiger partial charge in [0.05, 0.1) is 19.1 Å². The molecule has 8 atom stereocenters. The van der Waals surface area contributed by atoms with Crippen molar-refractivity contribution in [3.8, 4) is 0 Å². The molecule has 0 bridgehead atoms. The minimum Gasteiger partial charge on any atom is -0.469 e. The summed E-state index contributed by atoms with van der Waals surface area (Å²) >= 11 is 0. The fraction of sp³-hybridized carbons (Fsp3) is 0.812. The van der Waals surface area contributed by atoms with Gasteiger partial charge in [0.25, 0.3) is 0 Å². The lowest BCUT2D eigenvalue weighted by molar-refractivity contribution is -0.194. The average molecular weight is 523 g/mol. The van der Waals surface area contributed by atoms with Gasteiger partial charge in [-0.3, -0.25) is 9.59 Å². The van der Waals surface area contributed by atoms with Crippen LogP contribution in [0.4, 0.5) is 0 Å². The molecule has 0 aromatic rings. The van der Waals surface area contributed by atoms with Gasteiger partial charge in [-0.1, -0.05) is 54.5 Å². The second kappa shape index (κ2) is 8.18. The number of fused-ring (bicyclic) bond motifs is 7. The zero-order valence-electron chi connectivity index (χ0n) is 24.6. The highest BCUT2D eigenvalue weighted by atomic mass is 16.5. The van der Waals surface area contributed by atoms with Crippen LogP contribution in [0.1, 0.15) is 99.8 Å². The van der Waals surface area contributed by atoms with Crippen molar-refractivity contribution in [2.24, 2.45) is 50.2 Å². The zero-order valence-corrected chi connectivity index (χ0v) is 24.6. The number of carbonyl (C=O) groups excluding carboxylic acids is 3. The predicted molar refractivity (Wildman–Crippen MR) is 145 cm³/mol. The first-order chi connectivity index (χ1) is 17.5. The van der Waals surface area contributed by atoms with Crippen molar-refractivity contribution in [2.45, 2.75) is 106 Å². The van der Waals surface area contributed by atoms with Crippen molar-refractivity contribution in [1.29, 1.82) is 0 Å². The Morgan fingerprint density at radius 2 is 1.63 bits per heavy atom. The van der Waals surface area contributed by atoms with Crippen molar-refractivity contribution >= 4 is 17.7 Å². The Bertz CT molecular complexity index is 1160. The van der Waals surface area contributed by atoms with Crippen molar-refractivity contribution in [2.75, 3.05) is 7.11 Å². The van der Waals surface area contributed by atoms with E-state index in [1.54, 1.807) is 0 Å². The first kappa shape index (κ1) is 27.4. The predicted octanol–water partition coefficient (Wildman–Crippen LogP) is 6.11. The highest BCUT2D eigenvalue weighted by molar-refractivity contribution is 6.02. The minimum absolute atomic E-state index is 0.00453. The Kier molecular flexibility index (Phi) is 5.90. The van der Waals surface area contributed by atoms with E-state index < -0.39 is 16.2 Å². The molecule has 1 aliphatic heterocycles. The maximum absolute atomic E-state index is 13.9. The van der Waals surface area contributed by atoms with Gasteiger partial charge in [-0.05, 0) is 84.4 Å². The number of esters is 1. The van der Waals surface area contributed by atoms with Crippen LogP contribution in [-0.2, 0) is 19.1 Å². The maximum Gasteiger partial charge on any atom is 0.312 e. The van der Waals surface area contributed by atoms with Gasteiger partial charge >= 0.3 is 5.97 Å². The number of rotatable bonds is 1. The van der Waals surface area contributed by atoms with E-state index >= 15 is 0 Å². The summed E-state index contributed by atoms with van der Waals surface area (Å²) in [5.41, 5.74) is -1.77. The maximum atomic E-state index is 13.9. The summed E-state index contributed by atoms with van der Waals surface area (Å²) in [6, 6.07) is -0.125. The largest absolute Gasteiger partial charge is 0.469 e. The quantitative estimate of drug-likeness (QED) is 0.333. The van der Waals surface area contributed by atoms with Crippen molar-refractivity contribution < 1.29 is 19.1 Å². The summed E-state index contributed by atoms with van der Waals surface area (Å²) in [5.74, 6) is -0.0612. The van der Waals surface area contributed by atoms with Gasteiger partial charge in [0.15, 0.2) is 5.78 Å². The van der Waals surface area contributed by atoms with Gasteiger partial charge in [-0.15, -0.1) is 0 Å². The normalized spacial score (nSPS) is 47.0. The number of ketones is 1. The van der Waals surface area contributed by atoms with Crippen molar-refractivity contribution in [3.05, 3.63) is 23.2 Å². The summed E-state index contributed by atoms with van der Waals surface area (Å²) in [7, 11) is 1.50. The number of Topliss-reactive ketones (excluding diaryl/α,β-unsaturated/α-hetero) is 1. The molecular weight excluding hydrogens is 476 g/mol. The molecule has 0 radical (unpaired) electrons. The highest BCUT2D eigenvalue weighted by Crippen LogP contribution is 2.72. The summed E-state index contributed by atoms with van der Waals surface area (Å²) in [6.07, 6.45) is 8.42. The lowest BCUT2D eigenvalue weighted by atomic mass is 9.36. The number of nitrogens with one attached hydrogen (secondary N) is 1. The van der Waals surface area contributed by atoms with E-state index in [9.17, 15) is 14.4 Å². The molecule has 4 fully saturated rings. The molecule has 6 heteroatoms. The van der Waals surface area contributed by atoms with Crippen LogP contribution in [0, 0.1) is 56.8 Å². The summed E-state index contributed by atoms with van der Waals surface area (Å²) in [4.78, 5) is 44.3. The number of nitrogens with zero attached hydrogens (tertiary/aromatic N) is 1. The van der Waals surface area contributed by atoms with Gasteiger partial charge in [0, 0.05) is 17.9 Å². The number of amides is 1. The fourth-order valence-electron chi connectivity index (χ4n) is 10.6. The van der Waals surface area contributed by atoms with E-state index in [2.05, 4.69) is 44.8 Å². The fourth-order valence-corrected chi connectivity index (χ4v) is 10.6. The standard InChI is InChI=1S/C32H46N2O4/c1-27(2)12-14-32(26(37)38-9)15-13-31(7)24(19(32)17-27)34-23(35)16-22-29(5)18-20(33-8)25(36)28(3,4)21(29)10-11-30(22,31)6/h18-19,21-22,24H,10-17H2,1-7,9H3,(H,34,35)/t19-,21-,22+,24+,29-,30+,31+,32?/m0/s1. The van der Waals surface area contributed by atoms with Crippen LogP contribution >= 0.6 is 0 Å². The van der Waals surface area contributed by atoms with Crippen LogP contribution in [0.15, 0.2) is 11.8 Å². The Balaban J connectivity index is 1.67. The third kappa shape index (κ3) is 3.32. The van der Waals surface area contributed by atoms with Crippen LogP contribution < -0.4 is 5.32 Å². The van der Waals surface area contributed by atoms with E-state index in [-0.39, 0.29) is 63.4 Å². The van der Waals surface area contributed by atoms with Crippen molar-refractivity contribution in [1.82, 2.24) is 5.32 Å². The summed E-state index contributed by atoms with van der Waals surface area (Å²) < 4.78 is 5.44. The van der Waals surface area contributed by atoms with Crippen LogP contribution in [0.3, 0.4) is 0 Å². The number of allylic oxidation sites excluding steroid dienone is 2. The van der Waals surface area contributed by atoms with Crippen LogP contribution in [-0.4, -0.2) is 30.8 Å². The topological polar surface area (TPSA) is 76.8 Å². The molecule has 1 unspecified atom stereocenters. The zero-order chi connectivity index (χ0) is 28.1. The molecule has 0 spiro atoms. The molecule has 5 aliphatic rings. The molecule has 1 N–H and O–H groups in total. The summed E-state index contributed by atoms with van der Waals surface area (Å²) in [6.45, 7) is 23.3. The number of methoxy groups -OCH3 is 1. The van der Waals surface area contributed by atoms with E-state index in [4.69, 9.17) is 11.3 Å². The minimum atomic E-state index is -0.645. The third-order valence-electron chi connectivity index (χ3n) is 13.0.